The Bertz CT molecular complexity index is 1550. The Hall–Kier alpha value is -4.12. The predicted octanol–water partition coefficient (Wildman–Crippen LogP) is 3.24. The third kappa shape index (κ3) is 4.46. The van der Waals surface area contributed by atoms with Crippen LogP contribution in [0.4, 0.5) is 14.6 Å². The van der Waals surface area contributed by atoms with Gasteiger partial charge in [-0.15, -0.1) is 0 Å². The number of halogens is 2. The summed E-state index contributed by atoms with van der Waals surface area (Å²) < 4.78 is 28.5. The Morgan fingerprint density at radius 1 is 1.17 bits per heavy atom. The molecule has 2 aliphatic carbocycles. The fourth-order valence-corrected chi connectivity index (χ4v) is 7.11. The molecule has 1 aromatic carbocycles. The Balaban J connectivity index is 1.23. The second-order valence-corrected chi connectivity index (χ2v) is 12.2. The fraction of sp³-hybridized carbons (Fsp3) is 0.419. The highest BCUT2D eigenvalue weighted by Crippen LogP contribution is 2.49. The van der Waals surface area contributed by atoms with Crippen LogP contribution in [0.15, 0.2) is 59.6 Å². The monoisotopic (exact) mass is 576 g/mol. The van der Waals surface area contributed by atoms with Crippen LogP contribution in [-0.4, -0.2) is 46.2 Å². The van der Waals surface area contributed by atoms with Gasteiger partial charge in [0.25, 0.3) is 0 Å². The van der Waals surface area contributed by atoms with E-state index in [-0.39, 0.29) is 30.5 Å². The molecule has 2 fully saturated rings. The summed E-state index contributed by atoms with van der Waals surface area (Å²) in [5, 5.41) is 9.06. The van der Waals surface area contributed by atoms with Crippen molar-refractivity contribution in [2.24, 2.45) is 5.73 Å². The van der Waals surface area contributed by atoms with Gasteiger partial charge in [0.2, 0.25) is 17.7 Å². The first kappa shape index (κ1) is 28.0. The summed E-state index contributed by atoms with van der Waals surface area (Å²) in [5.74, 6) is -1.83. The van der Waals surface area contributed by atoms with E-state index in [0.29, 0.717) is 42.9 Å². The summed E-state index contributed by atoms with van der Waals surface area (Å²) in [6.45, 7) is 3.37. The highest BCUT2D eigenvalue weighted by atomic mass is 19.1. The molecule has 2 atom stereocenters. The molecule has 2 aromatic rings. The number of fused-ring (bicyclic) bond motifs is 2. The molecule has 220 valence electrons. The second-order valence-electron chi connectivity index (χ2n) is 12.2. The molecule has 2 spiro atoms. The normalized spacial score (nSPS) is 26.8. The van der Waals surface area contributed by atoms with E-state index in [1.807, 2.05) is 6.07 Å². The van der Waals surface area contributed by atoms with Gasteiger partial charge in [-0.1, -0.05) is 18.9 Å². The second kappa shape index (κ2) is 10.0. The molecule has 2 aliphatic heterocycles. The smallest absolute Gasteiger partial charge is 0.244 e. The van der Waals surface area contributed by atoms with Crippen molar-refractivity contribution in [3.8, 4) is 0 Å². The van der Waals surface area contributed by atoms with Crippen LogP contribution in [-0.2, 0) is 25.3 Å². The molecule has 2 unspecified atom stereocenters. The zero-order valence-electron chi connectivity index (χ0n) is 23.7. The van der Waals surface area contributed by atoms with Gasteiger partial charge < -0.3 is 26.6 Å². The minimum atomic E-state index is -1.16. The summed E-state index contributed by atoms with van der Waals surface area (Å²) in [6.07, 6.45) is 7.10. The Morgan fingerprint density at radius 2 is 1.88 bits per heavy atom. The van der Waals surface area contributed by atoms with Gasteiger partial charge in [0.1, 0.15) is 24.0 Å². The van der Waals surface area contributed by atoms with E-state index in [1.165, 1.54) is 17.0 Å². The number of aromatic nitrogens is 1. The van der Waals surface area contributed by atoms with Crippen molar-refractivity contribution in [1.82, 2.24) is 20.5 Å². The van der Waals surface area contributed by atoms with E-state index in [4.69, 9.17) is 5.73 Å². The lowest BCUT2D eigenvalue weighted by molar-refractivity contribution is -0.153. The predicted molar refractivity (Wildman–Crippen MR) is 152 cm³/mol. The van der Waals surface area contributed by atoms with Crippen molar-refractivity contribution in [1.29, 1.82) is 0 Å². The highest BCUT2D eigenvalue weighted by Gasteiger charge is 2.54. The Labute approximate surface area is 242 Å². The quantitative estimate of drug-likeness (QED) is 0.433. The molecular formula is C31H34F2N6O3. The number of hydrogen-bond acceptors (Lipinski definition) is 6. The number of nitrogens with one attached hydrogen (secondary N) is 3. The summed E-state index contributed by atoms with van der Waals surface area (Å²) in [6, 6.07) is 6.86. The summed E-state index contributed by atoms with van der Waals surface area (Å²) in [5.41, 5.74) is 6.46. The van der Waals surface area contributed by atoms with Gasteiger partial charge in [-0.3, -0.25) is 14.4 Å². The number of amides is 3. The van der Waals surface area contributed by atoms with Crippen LogP contribution < -0.4 is 21.7 Å². The molecular weight excluding hydrogens is 542 g/mol. The molecule has 3 amide bonds. The standard InChI is InChI=1S/C31H34F2N6O3/c1-18(10-19-14-30(15-24(19)34)23-6-5-9-35-26(23)38-27(30)41)37-25(40)16-39-28(42)31(7-3-4-8-31)36-17-29(39,2)20-11-21(32)13-22(33)12-20/h5-6,9-13,36H,3-4,7-8,14-17,34H2,1-2H3,(H,37,40)(H,35,38,41)/b18-10+. The minimum absolute atomic E-state index is 0.157. The number of pyridine rings is 1. The lowest BCUT2D eigenvalue weighted by Crippen LogP contribution is -2.71. The molecule has 1 saturated heterocycles. The van der Waals surface area contributed by atoms with Gasteiger partial charge in [0, 0.05) is 42.2 Å². The third-order valence-corrected chi connectivity index (χ3v) is 9.38. The number of benzene rings is 1. The Morgan fingerprint density at radius 3 is 2.60 bits per heavy atom. The number of piperazine rings is 1. The van der Waals surface area contributed by atoms with Gasteiger partial charge in [0.05, 0.1) is 16.5 Å². The van der Waals surface area contributed by atoms with Crippen LogP contribution >= 0.6 is 0 Å². The maximum atomic E-state index is 14.3. The van der Waals surface area contributed by atoms with Gasteiger partial charge in [-0.2, -0.15) is 0 Å². The van der Waals surface area contributed by atoms with Gasteiger partial charge in [-0.25, -0.2) is 13.8 Å². The molecule has 6 rings (SSSR count). The van der Waals surface area contributed by atoms with Crippen LogP contribution in [0.5, 0.6) is 0 Å². The molecule has 3 heterocycles. The van der Waals surface area contributed by atoms with E-state index < -0.39 is 34.0 Å². The first-order chi connectivity index (χ1) is 20.0. The van der Waals surface area contributed by atoms with Crippen LogP contribution in [0.3, 0.4) is 0 Å². The lowest BCUT2D eigenvalue weighted by Gasteiger charge is -2.51. The molecule has 0 bridgehead atoms. The zero-order chi connectivity index (χ0) is 29.9. The fourth-order valence-electron chi connectivity index (χ4n) is 7.11. The van der Waals surface area contributed by atoms with Crippen molar-refractivity contribution in [2.75, 3.05) is 18.4 Å². The average molecular weight is 577 g/mol. The van der Waals surface area contributed by atoms with Crippen LogP contribution in [0.2, 0.25) is 0 Å². The Kier molecular flexibility index (Phi) is 6.68. The largest absolute Gasteiger partial charge is 0.402 e. The van der Waals surface area contributed by atoms with Crippen LogP contribution in [0, 0.1) is 11.6 Å². The minimum Gasteiger partial charge on any atom is -0.402 e. The first-order valence-electron chi connectivity index (χ1n) is 14.2. The summed E-state index contributed by atoms with van der Waals surface area (Å²) in [7, 11) is 0. The van der Waals surface area contributed by atoms with Crippen molar-refractivity contribution < 1.29 is 23.2 Å². The number of carbonyl (C=O) groups is 3. The maximum absolute atomic E-state index is 14.3. The number of hydrogen-bond donors (Lipinski definition) is 4. The average Bonchev–Trinajstić information content (AvgIpc) is 3.61. The van der Waals surface area contributed by atoms with Crippen molar-refractivity contribution >= 4 is 23.5 Å². The number of nitrogens with two attached hydrogens (primary N) is 1. The van der Waals surface area contributed by atoms with Crippen molar-refractivity contribution in [2.45, 2.75) is 68.9 Å². The van der Waals surface area contributed by atoms with Crippen LogP contribution in [0.1, 0.15) is 63.5 Å². The van der Waals surface area contributed by atoms with Crippen molar-refractivity contribution in [3.05, 3.63) is 82.3 Å². The molecule has 9 nitrogen and oxygen atoms in total. The number of anilines is 1. The molecule has 5 N–H and O–H groups in total. The summed E-state index contributed by atoms with van der Waals surface area (Å²) in [4.78, 5) is 46.0. The summed E-state index contributed by atoms with van der Waals surface area (Å²) >= 11 is 0. The van der Waals surface area contributed by atoms with Gasteiger partial charge in [-0.05, 0) is 68.5 Å². The van der Waals surface area contributed by atoms with Gasteiger partial charge in [0.15, 0.2) is 0 Å². The molecule has 0 radical (unpaired) electrons. The van der Waals surface area contributed by atoms with E-state index in [2.05, 4.69) is 20.9 Å². The maximum Gasteiger partial charge on any atom is 0.244 e. The van der Waals surface area contributed by atoms with E-state index >= 15 is 0 Å². The topological polar surface area (TPSA) is 129 Å². The highest BCUT2D eigenvalue weighted by molar-refractivity contribution is 6.06. The number of carbonyl (C=O) groups excluding carboxylic acids is 3. The number of nitrogens with zero attached hydrogens (tertiary/aromatic N) is 2. The van der Waals surface area contributed by atoms with Gasteiger partial charge >= 0.3 is 0 Å². The number of rotatable bonds is 5. The molecule has 1 aromatic heterocycles. The van der Waals surface area contributed by atoms with E-state index in [9.17, 15) is 23.2 Å². The molecule has 11 heteroatoms. The number of allylic oxidation sites excluding steroid dienone is 4. The molecule has 42 heavy (non-hydrogen) atoms. The third-order valence-electron chi connectivity index (χ3n) is 9.38. The van der Waals surface area contributed by atoms with Crippen molar-refractivity contribution in [3.63, 3.8) is 0 Å². The van der Waals surface area contributed by atoms with Crippen LogP contribution in [0.25, 0.3) is 0 Å². The van der Waals surface area contributed by atoms with E-state index in [1.54, 1.807) is 32.2 Å². The SMILES string of the molecule is C/C(=C\C1=C(N)CC2(C1)C(=O)Nc1ncccc12)NC(=O)CN1C(=O)C2(CCCC2)NCC1(C)c1cc(F)cc(F)c1. The molecule has 4 aliphatic rings. The zero-order valence-corrected chi connectivity index (χ0v) is 23.7. The van der Waals surface area contributed by atoms with E-state index in [0.717, 1.165) is 30.0 Å². The molecule has 1 saturated carbocycles. The first-order valence-corrected chi connectivity index (χ1v) is 14.2. The lowest BCUT2D eigenvalue weighted by atomic mass is 9.79.